The van der Waals surface area contributed by atoms with Crippen LogP contribution in [0, 0.1) is 0 Å². The van der Waals surface area contributed by atoms with Gasteiger partial charge < -0.3 is 4.90 Å². The van der Waals surface area contributed by atoms with Gasteiger partial charge in [0.2, 0.25) is 0 Å². The normalized spacial score (nSPS) is 43.2. The summed E-state index contributed by atoms with van der Waals surface area (Å²) in [6.45, 7) is 3.37. The first-order valence-corrected chi connectivity index (χ1v) is 5.39. The first-order chi connectivity index (χ1) is 5.60. The Morgan fingerprint density at radius 1 is 1.67 bits per heavy atom. The fourth-order valence-electron chi connectivity index (χ4n) is 2.20. The summed E-state index contributed by atoms with van der Waals surface area (Å²) >= 11 is 1.58. The molecule has 0 aliphatic carbocycles. The van der Waals surface area contributed by atoms with Crippen molar-refractivity contribution in [1.82, 2.24) is 4.90 Å². The summed E-state index contributed by atoms with van der Waals surface area (Å²) in [5.74, 6) is 0. The predicted molar refractivity (Wildman–Crippen MR) is 51.3 cm³/mol. The maximum Gasteiger partial charge on any atom is 0.191 e. The Hall–Kier alpha value is -0.0200. The van der Waals surface area contributed by atoms with Gasteiger partial charge in [0.1, 0.15) is 0 Å². The van der Waals surface area contributed by atoms with Crippen LogP contribution in [0.1, 0.15) is 26.2 Å². The summed E-state index contributed by atoms with van der Waals surface area (Å²) in [5, 5.41) is 0.993. The highest BCUT2D eigenvalue weighted by Crippen LogP contribution is 2.41. The molecule has 0 N–H and O–H groups in total. The van der Waals surface area contributed by atoms with Crippen molar-refractivity contribution in [1.29, 1.82) is 0 Å². The monoisotopic (exact) mass is 185 g/mol. The number of rotatable bonds is 0. The van der Waals surface area contributed by atoms with E-state index in [9.17, 15) is 4.79 Å². The van der Waals surface area contributed by atoms with Gasteiger partial charge in [-0.25, -0.2) is 0 Å². The molecule has 0 spiro atoms. The maximum absolute atomic E-state index is 11.4. The summed E-state index contributed by atoms with van der Waals surface area (Å²) in [6.07, 6.45) is 3.12. The molecule has 0 amide bonds. The smallest absolute Gasteiger partial charge is 0.191 e. The van der Waals surface area contributed by atoms with E-state index < -0.39 is 0 Å². The summed E-state index contributed by atoms with van der Waals surface area (Å²) < 4.78 is 0. The van der Waals surface area contributed by atoms with Crippen LogP contribution in [0.25, 0.3) is 0 Å². The molecule has 0 aromatic heterocycles. The number of carbonyl (C=O) groups excluding carboxylic acids is 1. The summed E-state index contributed by atoms with van der Waals surface area (Å²) in [5.41, 5.74) is 0.172. The first kappa shape index (κ1) is 8.57. The number of hydrogen-bond donors (Lipinski definition) is 0. The third-order valence-corrected chi connectivity index (χ3v) is 4.34. The van der Waals surface area contributed by atoms with Gasteiger partial charge in [-0.1, -0.05) is 11.8 Å². The first-order valence-electron chi connectivity index (χ1n) is 4.51. The highest BCUT2D eigenvalue weighted by Gasteiger charge is 2.42. The van der Waals surface area contributed by atoms with E-state index in [1.54, 1.807) is 11.8 Å². The Kier molecular flexibility index (Phi) is 1.96. The van der Waals surface area contributed by atoms with Crippen molar-refractivity contribution >= 4 is 16.9 Å². The summed E-state index contributed by atoms with van der Waals surface area (Å²) in [7, 11) is 2.14. The van der Waals surface area contributed by atoms with Crippen molar-refractivity contribution < 1.29 is 4.79 Å². The van der Waals surface area contributed by atoms with Gasteiger partial charge in [-0.2, -0.15) is 0 Å². The van der Waals surface area contributed by atoms with E-state index in [1.165, 1.54) is 12.8 Å². The molecule has 2 rings (SSSR count). The van der Waals surface area contributed by atoms with Crippen LogP contribution in [0.4, 0.5) is 0 Å². The van der Waals surface area contributed by atoms with E-state index in [4.69, 9.17) is 0 Å². The Balaban J connectivity index is 2.20. The molecule has 3 heteroatoms. The summed E-state index contributed by atoms with van der Waals surface area (Å²) in [6, 6.07) is 0. The third-order valence-electron chi connectivity index (χ3n) is 3.20. The van der Waals surface area contributed by atoms with Gasteiger partial charge in [0, 0.05) is 17.2 Å². The van der Waals surface area contributed by atoms with Crippen molar-refractivity contribution in [2.45, 2.75) is 37.0 Å². The van der Waals surface area contributed by atoms with E-state index in [1.807, 2.05) is 0 Å². The molecule has 2 atom stereocenters. The van der Waals surface area contributed by atoms with Crippen molar-refractivity contribution in [3.63, 3.8) is 0 Å². The number of piperidine rings is 1. The molecule has 0 radical (unpaired) electrons. The SMILES string of the molecule is CN1CCC2CC1(C)CC(=O)S2. The second-order valence-electron chi connectivity index (χ2n) is 4.20. The van der Waals surface area contributed by atoms with E-state index in [0.29, 0.717) is 10.4 Å². The van der Waals surface area contributed by atoms with E-state index in [0.717, 1.165) is 13.0 Å². The van der Waals surface area contributed by atoms with E-state index in [-0.39, 0.29) is 5.54 Å². The second-order valence-corrected chi connectivity index (χ2v) is 5.56. The lowest BCUT2D eigenvalue weighted by Gasteiger charge is -2.48. The van der Waals surface area contributed by atoms with Gasteiger partial charge in [0.15, 0.2) is 5.12 Å². The molecule has 0 aromatic rings. The minimum Gasteiger partial charge on any atom is -0.300 e. The quantitative estimate of drug-likeness (QED) is 0.570. The molecule has 2 fully saturated rings. The Labute approximate surface area is 77.7 Å². The number of hydrogen-bond acceptors (Lipinski definition) is 3. The van der Waals surface area contributed by atoms with Crippen molar-refractivity contribution in [2.24, 2.45) is 0 Å². The third kappa shape index (κ3) is 1.29. The minimum atomic E-state index is 0.172. The molecule has 2 unspecified atom stereocenters. The van der Waals surface area contributed by atoms with Crippen LogP contribution in [-0.4, -0.2) is 34.4 Å². The molecule has 68 valence electrons. The lowest BCUT2D eigenvalue weighted by molar-refractivity contribution is -0.114. The average Bonchev–Trinajstić information content (AvgIpc) is 1.96. The fourth-order valence-corrected chi connectivity index (χ4v) is 3.63. The van der Waals surface area contributed by atoms with Gasteiger partial charge in [-0.3, -0.25) is 4.79 Å². The minimum absolute atomic E-state index is 0.172. The van der Waals surface area contributed by atoms with Gasteiger partial charge in [0.25, 0.3) is 0 Å². The number of nitrogens with zero attached hydrogens (tertiary/aromatic N) is 1. The molecule has 2 aliphatic rings. The number of thioether (sulfide) groups is 1. The van der Waals surface area contributed by atoms with Gasteiger partial charge >= 0.3 is 0 Å². The van der Waals surface area contributed by atoms with E-state index in [2.05, 4.69) is 18.9 Å². The topological polar surface area (TPSA) is 20.3 Å². The highest BCUT2D eigenvalue weighted by atomic mass is 32.2. The van der Waals surface area contributed by atoms with Crippen LogP contribution >= 0.6 is 11.8 Å². The predicted octanol–water partition coefficient (Wildman–Crippen LogP) is 1.50. The Morgan fingerprint density at radius 2 is 2.42 bits per heavy atom. The maximum atomic E-state index is 11.4. The molecule has 2 aliphatic heterocycles. The zero-order valence-electron chi connectivity index (χ0n) is 7.67. The molecule has 0 saturated carbocycles. The molecular formula is C9H15NOS. The second kappa shape index (κ2) is 2.74. The van der Waals surface area contributed by atoms with Crippen LogP contribution in [0.15, 0.2) is 0 Å². The zero-order chi connectivity index (χ0) is 8.77. The van der Waals surface area contributed by atoms with E-state index >= 15 is 0 Å². The number of carbonyl (C=O) groups is 1. The van der Waals surface area contributed by atoms with Crippen molar-refractivity contribution in [3.05, 3.63) is 0 Å². The Morgan fingerprint density at radius 3 is 3.17 bits per heavy atom. The van der Waals surface area contributed by atoms with Gasteiger partial charge in [-0.05, 0) is 33.4 Å². The molecule has 0 aromatic carbocycles. The molecular weight excluding hydrogens is 170 g/mol. The van der Waals surface area contributed by atoms with Crippen LogP contribution in [-0.2, 0) is 4.79 Å². The zero-order valence-corrected chi connectivity index (χ0v) is 8.49. The van der Waals surface area contributed by atoms with Crippen molar-refractivity contribution in [3.8, 4) is 0 Å². The molecule has 2 heterocycles. The summed E-state index contributed by atoms with van der Waals surface area (Å²) in [4.78, 5) is 13.7. The van der Waals surface area contributed by atoms with Crippen molar-refractivity contribution in [2.75, 3.05) is 13.6 Å². The van der Waals surface area contributed by atoms with Gasteiger partial charge in [0.05, 0.1) is 0 Å². The number of likely N-dealkylation sites (tertiary alicyclic amines) is 1. The molecule has 2 bridgehead atoms. The van der Waals surface area contributed by atoms with Crippen LogP contribution in [0.3, 0.4) is 0 Å². The van der Waals surface area contributed by atoms with Crippen LogP contribution < -0.4 is 0 Å². The highest BCUT2D eigenvalue weighted by molar-refractivity contribution is 8.14. The van der Waals surface area contributed by atoms with Crippen LogP contribution in [0.2, 0.25) is 0 Å². The van der Waals surface area contributed by atoms with Gasteiger partial charge in [-0.15, -0.1) is 0 Å². The fraction of sp³-hybridized carbons (Fsp3) is 0.889. The van der Waals surface area contributed by atoms with Crippen LogP contribution in [0.5, 0.6) is 0 Å². The lowest BCUT2D eigenvalue weighted by atomic mass is 9.85. The molecule has 2 saturated heterocycles. The number of fused-ring (bicyclic) bond motifs is 2. The molecule has 12 heavy (non-hydrogen) atoms. The Bertz CT molecular complexity index is 219. The lowest BCUT2D eigenvalue weighted by Crippen LogP contribution is -2.54. The largest absolute Gasteiger partial charge is 0.300 e. The molecule has 2 nitrogen and oxygen atoms in total. The average molecular weight is 185 g/mol. The standard InChI is InChI=1S/C9H15NOS/c1-9-5-7(3-4-10(9)2)12-8(11)6-9/h7H,3-6H2,1-2H3.